The van der Waals surface area contributed by atoms with Crippen LogP contribution in [0, 0.1) is 11.6 Å². The molecule has 2 aliphatic heterocycles. The second-order valence-corrected chi connectivity index (χ2v) is 14.6. The first-order chi connectivity index (χ1) is 26.9. The Labute approximate surface area is 325 Å². The average Bonchev–Trinajstić information content (AvgIpc) is 3.16. The van der Waals surface area contributed by atoms with Gasteiger partial charge in [-0.15, -0.1) is 0 Å². The van der Waals surface area contributed by atoms with E-state index in [1.54, 1.807) is 25.1 Å². The molecule has 3 aromatic rings. The van der Waals surface area contributed by atoms with Crippen LogP contribution >= 0.6 is 0 Å². The van der Waals surface area contributed by atoms with Gasteiger partial charge in [0, 0.05) is 42.4 Å². The van der Waals surface area contributed by atoms with E-state index in [-0.39, 0.29) is 43.0 Å². The van der Waals surface area contributed by atoms with Gasteiger partial charge in [-0.1, -0.05) is 95.4 Å². The highest BCUT2D eigenvalue weighted by molar-refractivity contribution is 6.01. The van der Waals surface area contributed by atoms with Crippen LogP contribution in [0.15, 0.2) is 53.5 Å². The number of nitrogens with zero attached hydrogens (tertiary/aromatic N) is 2. The zero-order valence-electron chi connectivity index (χ0n) is 32.2. The molecule has 5 rings (SSSR count). The van der Waals surface area contributed by atoms with Crippen LogP contribution < -0.4 is 21.2 Å². The van der Waals surface area contributed by atoms with Gasteiger partial charge in [0.05, 0.1) is 18.7 Å². The first kappa shape index (κ1) is 42.2. The molecule has 3 heterocycles. The number of fused-ring (bicyclic) bond motifs is 2. The maximum absolute atomic E-state index is 14.3. The van der Waals surface area contributed by atoms with Crippen molar-refractivity contribution in [2.24, 2.45) is 5.73 Å². The highest BCUT2D eigenvalue weighted by Gasteiger charge is 2.50. The number of rotatable bonds is 19. The largest absolute Gasteiger partial charge is 0.461 e. The lowest BCUT2D eigenvalue weighted by atomic mass is 10.0. The van der Waals surface area contributed by atoms with Crippen LogP contribution in [-0.4, -0.2) is 51.7 Å². The minimum atomic E-state index is -1.63. The molecule has 3 N–H and O–H groups in total. The summed E-state index contributed by atoms with van der Waals surface area (Å²) < 4.78 is 46.0. The summed E-state index contributed by atoms with van der Waals surface area (Å²) in [6.07, 6.45) is 14.4. The van der Waals surface area contributed by atoms with E-state index in [9.17, 15) is 32.8 Å². The van der Waals surface area contributed by atoms with Gasteiger partial charge in [-0.3, -0.25) is 29.8 Å². The second-order valence-electron chi connectivity index (χ2n) is 14.6. The molecule has 0 unspecified atom stereocenters. The highest BCUT2D eigenvalue weighted by Crippen LogP contribution is 2.34. The first-order valence-electron chi connectivity index (χ1n) is 19.6. The van der Waals surface area contributed by atoms with Gasteiger partial charge in [-0.05, 0) is 31.9 Å². The summed E-state index contributed by atoms with van der Waals surface area (Å²) in [6, 6.07) is 8.66. The molecule has 2 aliphatic rings. The van der Waals surface area contributed by atoms with Gasteiger partial charge in [0.25, 0.3) is 11.8 Å². The third-order valence-electron chi connectivity index (χ3n) is 10.3. The molecular weight excluding hydrogens is 726 g/mol. The van der Waals surface area contributed by atoms with Crippen LogP contribution in [0.2, 0.25) is 0 Å². The van der Waals surface area contributed by atoms with Crippen molar-refractivity contribution in [1.29, 1.82) is 0 Å². The van der Waals surface area contributed by atoms with Crippen molar-refractivity contribution in [2.45, 2.75) is 129 Å². The maximum atomic E-state index is 14.3. The van der Waals surface area contributed by atoms with Crippen LogP contribution in [0.3, 0.4) is 0 Å². The number of pyridine rings is 1. The molecule has 14 heteroatoms. The van der Waals surface area contributed by atoms with Crippen molar-refractivity contribution in [2.75, 3.05) is 6.61 Å². The van der Waals surface area contributed by atoms with Crippen LogP contribution in [-0.2, 0) is 34.0 Å². The Hall–Kier alpha value is -4.95. The minimum absolute atomic E-state index is 0.0270. The normalized spacial score (nSPS) is 17.6. The lowest BCUT2D eigenvalue weighted by Gasteiger charge is -2.50. The van der Waals surface area contributed by atoms with Gasteiger partial charge in [0.15, 0.2) is 5.69 Å². The molecule has 12 nitrogen and oxygen atoms in total. The van der Waals surface area contributed by atoms with E-state index in [2.05, 4.69) is 12.2 Å². The van der Waals surface area contributed by atoms with Crippen molar-refractivity contribution >= 4 is 23.8 Å². The fraction of sp³-hybridized carbons (Fsp3) is 0.500. The Morgan fingerprint density at radius 2 is 1.61 bits per heavy atom. The van der Waals surface area contributed by atoms with Gasteiger partial charge in [-0.25, -0.2) is 13.6 Å². The molecule has 0 spiro atoms. The molecule has 0 aliphatic carbocycles. The summed E-state index contributed by atoms with van der Waals surface area (Å²) in [5.41, 5.74) is 4.85. The fourth-order valence-corrected chi connectivity index (χ4v) is 7.16. The Kier molecular flexibility index (Phi) is 14.9. The number of hydrogen-bond acceptors (Lipinski definition) is 9. The summed E-state index contributed by atoms with van der Waals surface area (Å²) in [6.45, 7) is 3.37. The molecule has 302 valence electrons. The van der Waals surface area contributed by atoms with Crippen LogP contribution in [0.25, 0.3) is 0 Å². The second kappa shape index (κ2) is 19.8. The molecule has 1 saturated heterocycles. The van der Waals surface area contributed by atoms with Crippen LogP contribution in [0.5, 0.6) is 5.75 Å². The number of ether oxygens (including phenoxy) is 3. The van der Waals surface area contributed by atoms with Crippen molar-refractivity contribution in [3.8, 4) is 5.75 Å². The topological polar surface area (TPSA) is 159 Å². The number of unbranched alkanes of at least 4 members (excludes halogenated alkanes) is 10. The van der Waals surface area contributed by atoms with Gasteiger partial charge in [0.2, 0.25) is 17.0 Å². The summed E-state index contributed by atoms with van der Waals surface area (Å²) in [5.74, 6) is -7.23. The Bertz CT molecular complexity index is 1950. The van der Waals surface area contributed by atoms with Crippen LogP contribution in [0.4, 0.5) is 8.78 Å². The Morgan fingerprint density at radius 3 is 2.30 bits per heavy atom. The lowest BCUT2D eigenvalue weighted by Crippen LogP contribution is -2.70. The zero-order valence-corrected chi connectivity index (χ0v) is 32.2. The molecule has 0 radical (unpaired) electrons. The van der Waals surface area contributed by atoms with Gasteiger partial charge in [-0.2, -0.15) is 0 Å². The minimum Gasteiger partial charge on any atom is -0.461 e. The maximum Gasteiger partial charge on any atom is 0.344 e. The summed E-state index contributed by atoms with van der Waals surface area (Å²) in [5, 5.41) is 2.43. The molecule has 0 bridgehead atoms. The number of carbonyl (C=O) groups is 4. The standard InChI is InChI=1S/C42H52F2N4O8/c1-3-4-5-6-7-8-9-10-11-12-13-18-35(49)54-26-30-16-14-15-17-32(30)41(53)56-38-36-40(52)48-28(2)21-22-55-42(48,45)27-47(36)25-33(37(38)50)39(51)46-24-29-19-20-31(43)23-34(29)44/h14-17,19-20,23,25,28H,3-13,18,21-22,24,26-27,45H2,1-2H3,(H,46,51)/t28-,42-/m1/s1. The van der Waals surface area contributed by atoms with Crippen molar-refractivity contribution in [1.82, 2.24) is 14.8 Å². The molecule has 2 atom stereocenters. The van der Waals surface area contributed by atoms with Crippen molar-refractivity contribution in [3.05, 3.63) is 98.5 Å². The van der Waals surface area contributed by atoms with E-state index < -0.39 is 70.6 Å². The number of benzene rings is 2. The zero-order chi connectivity index (χ0) is 40.2. The third-order valence-corrected chi connectivity index (χ3v) is 10.3. The Morgan fingerprint density at radius 1 is 0.929 bits per heavy atom. The number of aromatic nitrogens is 1. The van der Waals surface area contributed by atoms with E-state index in [0.717, 1.165) is 37.6 Å². The summed E-state index contributed by atoms with van der Waals surface area (Å²) in [7, 11) is 0. The lowest BCUT2D eigenvalue weighted by molar-refractivity contribution is -0.193. The quantitative estimate of drug-likeness (QED) is 0.0976. The van der Waals surface area contributed by atoms with Crippen molar-refractivity contribution in [3.63, 3.8) is 0 Å². The van der Waals surface area contributed by atoms with Crippen LogP contribution in [0.1, 0.15) is 140 Å². The SMILES string of the molecule is CCCCCCCCCCCCCC(=O)OCc1ccccc1C(=O)Oc1c2n(cc(C(=O)NCc3ccc(F)cc3F)c1=O)C[C@]1(N)OCC[C@@H](C)N1C2=O. The monoisotopic (exact) mass is 778 g/mol. The average molecular weight is 779 g/mol. The first-order valence-corrected chi connectivity index (χ1v) is 19.6. The predicted molar refractivity (Wildman–Crippen MR) is 204 cm³/mol. The molecule has 56 heavy (non-hydrogen) atoms. The highest BCUT2D eigenvalue weighted by atomic mass is 19.1. The number of carbonyl (C=O) groups excluding carboxylic acids is 4. The number of halogens is 2. The molecule has 0 saturated carbocycles. The molecular formula is C42H52F2N4O8. The van der Waals surface area contributed by atoms with E-state index in [4.69, 9.17) is 19.9 Å². The summed E-state index contributed by atoms with van der Waals surface area (Å²) in [4.78, 5) is 69.2. The smallest absolute Gasteiger partial charge is 0.344 e. The number of esters is 2. The van der Waals surface area contributed by atoms with Gasteiger partial charge >= 0.3 is 11.9 Å². The fourth-order valence-electron chi connectivity index (χ4n) is 7.16. The number of nitrogens with one attached hydrogen (secondary N) is 1. The van der Waals surface area contributed by atoms with Crippen molar-refractivity contribution < 1.29 is 42.2 Å². The van der Waals surface area contributed by atoms with E-state index in [0.29, 0.717) is 24.5 Å². The molecule has 1 aromatic heterocycles. The van der Waals surface area contributed by atoms with E-state index in [1.807, 2.05) is 0 Å². The number of hydrogen-bond donors (Lipinski definition) is 2. The number of amides is 2. The summed E-state index contributed by atoms with van der Waals surface area (Å²) >= 11 is 0. The molecule has 2 aromatic carbocycles. The van der Waals surface area contributed by atoms with E-state index >= 15 is 0 Å². The predicted octanol–water partition coefficient (Wildman–Crippen LogP) is 6.90. The molecule has 1 fully saturated rings. The Balaban J connectivity index is 1.29. The van der Waals surface area contributed by atoms with Gasteiger partial charge < -0.3 is 24.1 Å². The molecule has 2 amide bonds. The van der Waals surface area contributed by atoms with E-state index in [1.165, 1.54) is 60.5 Å². The third kappa shape index (κ3) is 10.5. The number of nitrogens with two attached hydrogens (primary N) is 1. The van der Waals surface area contributed by atoms with Gasteiger partial charge in [0.1, 0.15) is 23.8 Å².